The van der Waals surface area contributed by atoms with Gasteiger partial charge in [0, 0.05) is 34.6 Å². The van der Waals surface area contributed by atoms with Crippen molar-refractivity contribution in [2.75, 3.05) is 17.1 Å². The summed E-state index contributed by atoms with van der Waals surface area (Å²) in [5.74, 6) is -0.936. The van der Waals surface area contributed by atoms with Crippen molar-refractivity contribution in [3.63, 3.8) is 0 Å². The molecule has 2 amide bonds. The summed E-state index contributed by atoms with van der Waals surface area (Å²) in [5, 5.41) is 3.58. The molecule has 214 valence electrons. The van der Waals surface area contributed by atoms with E-state index in [-0.39, 0.29) is 24.9 Å². The van der Waals surface area contributed by atoms with Crippen LogP contribution in [0.1, 0.15) is 36.1 Å². The summed E-state index contributed by atoms with van der Waals surface area (Å²) in [7, 11) is -3.86. The van der Waals surface area contributed by atoms with Crippen LogP contribution >= 0.6 is 23.2 Å². The molecular formula is C30H35Cl2N3O4S. The van der Waals surface area contributed by atoms with Gasteiger partial charge in [0.05, 0.1) is 11.9 Å². The number of aryl methyl sites for hydroxylation is 2. The molecule has 0 radical (unpaired) electrons. The quantitative estimate of drug-likeness (QED) is 0.312. The van der Waals surface area contributed by atoms with Crippen LogP contribution in [0.4, 0.5) is 5.69 Å². The van der Waals surface area contributed by atoms with Gasteiger partial charge in [-0.2, -0.15) is 0 Å². The molecule has 0 heterocycles. The van der Waals surface area contributed by atoms with E-state index in [9.17, 15) is 18.0 Å². The summed E-state index contributed by atoms with van der Waals surface area (Å²) in [6, 6.07) is 18.5. The molecule has 40 heavy (non-hydrogen) atoms. The molecule has 7 nitrogen and oxygen atoms in total. The van der Waals surface area contributed by atoms with Gasteiger partial charge in [-0.05, 0) is 57.0 Å². The van der Waals surface area contributed by atoms with Crippen LogP contribution in [0.5, 0.6) is 0 Å². The number of amides is 2. The van der Waals surface area contributed by atoms with Gasteiger partial charge in [-0.3, -0.25) is 13.9 Å². The first-order chi connectivity index (χ1) is 18.8. The van der Waals surface area contributed by atoms with Crippen LogP contribution in [0.3, 0.4) is 0 Å². The number of benzene rings is 3. The van der Waals surface area contributed by atoms with Gasteiger partial charge >= 0.3 is 0 Å². The molecular weight excluding hydrogens is 569 g/mol. The lowest BCUT2D eigenvalue weighted by Crippen LogP contribution is -2.54. The monoisotopic (exact) mass is 603 g/mol. The van der Waals surface area contributed by atoms with E-state index < -0.39 is 28.5 Å². The Kier molecular flexibility index (Phi) is 10.6. The average Bonchev–Trinajstić information content (AvgIpc) is 2.86. The number of carbonyl (C=O) groups is 2. The van der Waals surface area contributed by atoms with Gasteiger partial charge < -0.3 is 10.2 Å². The first kappa shape index (κ1) is 31.5. The third-order valence-electron chi connectivity index (χ3n) is 6.39. The Bertz CT molecular complexity index is 1440. The number of carbonyl (C=O) groups excluding carboxylic acids is 2. The number of hydrogen-bond donors (Lipinski definition) is 1. The molecule has 0 aliphatic carbocycles. The maximum absolute atomic E-state index is 14.2. The molecule has 0 aliphatic rings. The fourth-order valence-electron chi connectivity index (χ4n) is 4.47. The van der Waals surface area contributed by atoms with Crippen LogP contribution in [-0.2, 0) is 32.6 Å². The van der Waals surface area contributed by atoms with Gasteiger partial charge in [-0.1, -0.05) is 77.3 Å². The second-order valence-corrected chi connectivity index (χ2v) is 12.9. The number of nitrogens with one attached hydrogen (secondary N) is 1. The van der Waals surface area contributed by atoms with E-state index in [2.05, 4.69) is 5.32 Å². The minimum atomic E-state index is -3.86. The van der Waals surface area contributed by atoms with Gasteiger partial charge in [-0.15, -0.1) is 0 Å². The molecule has 0 fully saturated rings. The van der Waals surface area contributed by atoms with Crippen LogP contribution < -0.4 is 9.62 Å². The standard InChI is InChI=1S/C30H35Cl2N3O4S/c1-20(2)33-30(37)28(17-23-10-7-6-8-11-23)34(18-24-25(31)12-9-13-26(24)32)29(36)19-35(40(5,38)39)27-15-14-21(3)16-22(27)4/h6-16,20,28H,17-19H2,1-5H3,(H,33,37)/t28-/m0/s1. The summed E-state index contributed by atoms with van der Waals surface area (Å²) in [5.41, 5.74) is 3.36. The lowest BCUT2D eigenvalue weighted by molar-refractivity contribution is -0.140. The Morgan fingerprint density at radius 2 is 1.55 bits per heavy atom. The summed E-state index contributed by atoms with van der Waals surface area (Å²) < 4.78 is 27.0. The van der Waals surface area contributed by atoms with E-state index in [1.807, 2.05) is 57.2 Å². The van der Waals surface area contributed by atoms with E-state index in [0.29, 0.717) is 26.9 Å². The number of rotatable bonds is 11. The zero-order valence-electron chi connectivity index (χ0n) is 23.3. The SMILES string of the molecule is Cc1ccc(N(CC(=O)N(Cc2c(Cl)cccc2Cl)[C@@H](Cc2ccccc2)C(=O)NC(C)C)S(C)(=O)=O)c(C)c1. The number of nitrogens with zero attached hydrogens (tertiary/aromatic N) is 2. The predicted octanol–water partition coefficient (Wildman–Crippen LogP) is 5.54. The lowest BCUT2D eigenvalue weighted by atomic mass is 10.0. The van der Waals surface area contributed by atoms with Crippen molar-refractivity contribution in [3.8, 4) is 0 Å². The topological polar surface area (TPSA) is 86.8 Å². The summed E-state index contributed by atoms with van der Waals surface area (Å²) >= 11 is 13.0. The highest BCUT2D eigenvalue weighted by Gasteiger charge is 2.34. The predicted molar refractivity (Wildman–Crippen MR) is 162 cm³/mol. The molecule has 3 aromatic carbocycles. The Labute approximate surface area is 247 Å². The zero-order chi connectivity index (χ0) is 29.6. The van der Waals surface area contributed by atoms with Crippen LogP contribution in [0, 0.1) is 13.8 Å². The highest BCUT2D eigenvalue weighted by molar-refractivity contribution is 7.92. The van der Waals surface area contributed by atoms with Gasteiger partial charge in [0.2, 0.25) is 21.8 Å². The van der Waals surface area contributed by atoms with Crippen molar-refractivity contribution < 1.29 is 18.0 Å². The molecule has 3 aromatic rings. The molecule has 0 saturated carbocycles. The van der Waals surface area contributed by atoms with Crippen LogP contribution in [-0.4, -0.2) is 50.0 Å². The number of sulfonamides is 1. The molecule has 0 unspecified atom stereocenters. The first-order valence-electron chi connectivity index (χ1n) is 12.9. The van der Waals surface area contributed by atoms with Crippen LogP contribution in [0.15, 0.2) is 66.7 Å². The molecule has 0 bridgehead atoms. The minimum Gasteiger partial charge on any atom is -0.352 e. The van der Waals surface area contributed by atoms with E-state index in [1.165, 1.54) is 4.90 Å². The van der Waals surface area contributed by atoms with Crippen molar-refractivity contribution in [3.05, 3.63) is 99.0 Å². The number of hydrogen-bond acceptors (Lipinski definition) is 4. The normalized spacial score (nSPS) is 12.2. The van der Waals surface area contributed by atoms with Gasteiger partial charge in [0.1, 0.15) is 12.6 Å². The Morgan fingerprint density at radius 1 is 0.925 bits per heavy atom. The molecule has 0 aliphatic heterocycles. The smallest absolute Gasteiger partial charge is 0.244 e. The van der Waals surface area contributed by atoms with Gasteiger partial charge in [-0.25, -0.2) is 8.42 Å². The van der Waals surface area contributed by atoms with Gasteiger partial charge in [0.25, 0.3) is 0 Å². The minimum absolute atomic E-state index is 0.0924. The first-order valence-corrected chi connectivity index (χ1v) is 15.5. The highest BCUT2D eigenvalue weighted by atomic mass is 35.5. The van der Waals surface area contributed by atoms with E-state index in [0.717, 1.165) is 21.7 Å². The van der Waals surface area contributed by atoms with E-state index >= 15 is 0 Å². The van der Waals surface area contributed by atoms with Gasteiger partial charge in [0.15, 0.2) is 0 Å². The average molecular weight is 605 g/mol. The highest BCUT2D eigenvalue weighted by Crippen LogP contribution is 2.29. The fraction of sp³-hybridized carbons (Fsp3) is 0.333. The molecule has 0 aromatic heterocycles. The largest absolute Gasteiger partial charge is 0.352 e. The molecule has 1 atom stereocenters. The van der Waals surface area contributed by atoms with Crippen molar-refractivity contribution in [1.82, 2.24) is 10.2 Å². The van der Waals surface area contributed by atoms with Crippen molar-refractivity contribution >= 4 is 50.7 Å². The lowest BCUT2D eigenvalue weighted by Gasteiger charge is -2.34. The summed E-state index contributed by atoms with van der Waals surface area (Å²) in [6.45, 7) is 6.76. The number of halogens is 2. The maximum atomic E-state index is 14.2. The second-order valence-electron chi connectivity index (χ2n) is 10.2. The van der Waals surface area contributed by atoms with Crippen molar-refractivity contribution in [1.29, 1.82) is 0 Å². The molecule has 1 N–H and O–H groups in total. The third kappa shape index (κ3) is 8.22. The van der Waals surface area contributed by atoms with Crippen LogP contribution in [0.2, 0.25) is 10.0 Å². The molecule has 0 saturated heterocycles. The maximum Gasteiger partial charge on any atom is 0.244 e. The molecule has 0 spiro atoms. The molecule has 3 rings (SSSR count). The van der Waals surface area contributed by atoms with Crippen molar-refractivity contribution in [2.45, 2.75) is 52.7 Å². The van der Waals surface area contributed by atoms with E-state index in [4.69, 9.17) is 23.2 Å². The Balaban J connectivity index is 2.12. The molecule has 10 heteroatoms. The Hall–Kier alpha value is -3.07. The zero-order valence-corrected chi connectivity index (χ0v) is 25.6. The summed E-state index contributed by atoms with van der Waals surface area (Å²) in [4.78, 5) is 29.1. The Morgan fingerprint density at radius 3 is 2.10 bits per heavy atom. The van der Waals surface area contributed by atoms with Crippen LogP contribution in [0.25, 0.3) is 0 Å². The third-order valence-corrected chi connectivity index (χ3v) is 8.23. The number of anilines is 1. The van der Waals surface area contributed by atoms with E-state index in [1.54, 1.807) is 37.3 Å². The second kappa shape index (κ2) is 13.5. The fourth-order valence-corrected chi connectivity index (χ4v) is 5.89. The van der Waals surface area contributed by atoms with Crippen molar-refractivity contribution in [2.24, 2.45) is 0 Å². The summed E-state index contributed by atoms with van der Waals surface area (Å²) in [6.07, 6.45) is 1.26.